The Hall–Kier alpha value is -1.48. The Balaban J connectivity index is 2.14. The molecular formula is C10H12NO4P. The monoisotopic (exact) mass is 241 g/mol. The number of amides is 1. The summed E-state index contributed by atoms with van der Waals surface area (Å²) in [5, 5.41) is 0. The zero-order valence-electron chi connectivity index (χ0n) is 8.83. The molecule has 0 unspecified atom stereocenters. The molecule has 1 saturated heterocycles. The highest BCUT2D eigenvalue weighted by Crippen LogP contribution is 2.48. The number of carbonyl (C=O) groups is 1. The van der Waals surface area contributed by atoms with Gasteiger partial charge >= 0.3 is 13.6 Å². The van der Waals surface area contributed by atoms with Gasteiger partial charge in [-0.3, -0.25) is 4.57 Å². The Bertz CT molecular complexity index is 434. The van der Waals surface area contributed by atoms with Gasteiger partial charge in [-0.05, 0) is 12.1 Å². The summed E-state index contributed by atoms with van der Waals surface area (Å²) in [5.74, 6) is 0.480. The van der Waals surface area contributed by atoms with Gasteiger partial charge in [0.15, 0.2) is 0 Å². The van der Waals surface area contributed by atoms with E-state index in [0.29, 0.717) is 12.3 Å². The van der Waals surface area contributed by atoms with Gasteiger partial charge in [0, 0.05) is 6.66 Å². The number of benzene rings is 1. The summed E-state index contributed by atoms with van der Waals surface area (Å²) in [5.41, 5.74) is 0. The first kappa shape index (κ1) is 11.0. The summed E-state index contributed by atoms with van der Waals surface area (Å²) in [6.07, 6.45) is -0.582. The highest BCUT2D eigenvalue weighted by atomic mass is 31.2. The number of para-hydroxylation sites is 1. The van der Waals surface area contributed by atoms with Crippen molar-refractivity contribution in [2.45, 2.75) is 0 Å². The Kier molecular flexibility index (Phi) is 2.88. The molecule has 0 bridgehead atoms. The maximum absolute atomic E-state index is 12.2. The summed E-state index contributed by atoms with van der Waals surface area (Å²) < 4.78 is 23.4. The van der Waals surface area contributed by atoms with Crippen LogP contribution in [0.4, 0.5) is 4.79 Å². The minimum Gasteiger partial charge on any atom is -0.447 e. The molecule has 1 fully saturated rings. The van der Waals surface area contributed by atoms with Crippen molar-refractivity contribution in [2.24, 2.45) is 0 Å². The maximum atomic E-state index is 12.2. The lowest BCUT2D eigenvalue weighted by molar-refractivity contribution is 0.168. The van der Waals surface area contributed by atoms with Crippen LogP contribution < -0.4 is 4.52 Å². The molecule has 1 amide bonds. The van der Waals surface area contributed by atoms with Crippen molar-refractivity contribution in [2.75, 3.05) is 19.8 Å². The highest BCUT2D eigenvalue weighted by molar-refractivity contribution is 7.56. The zero-order chi connectivity index (χ0) is 11.6. The molecule has 1 atom stereocenters. The van der Waals surface area contributed by atoms with Crippen molar-refractivity contribution in [3.63, 3.8) is 0 Å². The zero-order valence-corrected chi connectivity index (χ0v) is 9.72. The molecule has 0 radical (unpaired) electrons. The summed E-state index contributed by atoms with van der Waals surface area (Å²) in [6.45, 7) is 1.97. The third kappa shape index (κ3) is 2.19. The Labute approximate surface area is 93.5 Å². The third-order valence-electron chi connectivity index (χ3n) is 2.20. The van der Waals surface area contributed by atoms with Crippen LogP contribution >= 0.6 is 7.52 Å². The van der Waals surface area contributed by atoms with Gasteiger partial charge < -0.3 is 9.26 Å². The number of carbonyl (C=O) groups excluding carboxylic acids is 1. The van der Waals surface area contributed by atoms with E-state index in [2.05, 4.69) is 0 Å². The lowest BCUT2D eigenvalue weighted by Gasteiger charge is -2.22. The predicted octanol–water partition coefficient (Wildman–Crippen LogP) is 2.34. The molecule has 1 aromatic rings. The van der Waals surface area contributed by atoms with E-state index >= 15 is 0 Å². The molecule has 0 spiro atoms. The average molecular weight is 241 g/mol. The van der Waals surface area contributed by atoms with E-state index in [9.17, 15) is 9.36 Å². The smallest absolute Gasteiger partial charge is 0.417 e. The van der Waals surface area contributed by atoms with Crippen LogP contribution in [0.15, 0.2) is 30.3 Å². The van der Waals surface area contributed by atoms with Crippen LogP contribution in [0.25, 0.3) is 0 Å². The van der Waals surface area contributed by atoms with E-state index in [1.165, 1.54) is 6.66 Å². The highest BCUT2D eigenvalue weighted by Gasteiger charge is 2.37. The molecular weight excluding hydrogens is 229 g/mol. The van der Waals surface area contributed by atoms with Crippen molar-refractivity contribution in [3.8, 4) is 5.75 Å². The van der Waals surface area contributed by atoms with Gasteiger partial charge in [-0.1, -0.05) is 18.2 Å². The fourth-order valence-electron chi connectivity index (χ4n) is 1.44. The topological polar surface area (TPSA) is 55.8 Å². The van der Waals surface area contributed by atoms with Gasteiger partial charge in [-0.2, -0.15) is 0 Å². The number of ether oxygens (including phenoxy) is 1. The molecule has 0 aliphatic carbocycles. The fraction of sp³-hybridized carbons (Fsp3) is 0.300. The van der Waals surface area contributed by atoms with Crippen LogP contribution in [0.1, 0.15) is 0 Å². The van der Waals surface area contributed by atoms with Crippen LogP contribution in [0.5, 0.6) is 5.75 Å². The second-order valence-corrected chi connectivity index (χ2v) is 5.72. The lowest BCUT2D eigenvalue weighted by Crippen LogP contribution is -2.22. The summed E-state index contributed by atoms with van der Waals surface area (Å²) >= 11 is 0. The van der Waals surface area contributed by atoms with E-state index < -0.39 is 13.6 Å². The van der Waals surface area contributed by atoms with Crippen LogP contribution in [0.2, 0.25) is 0 Å². The second kappa shape index (κ2) is 4.18. The maximum Gasteiger partial charge on any atom is 0.417 e. The molecule has 1 aromatic carbocycles. The van der Waals surface area contributed by atoms with Crippen LogP contribution in [0.3, 0.4) is 0 Å². The molecule has 0 saturated carbocycles. The summed E-state index contributed by atoms with van der Waals surface area (Å²) in [6, 6.07) is 8.77. The molecule has 1 aliphatic heterocycles. The van der Waals surface area contributed by atoms with E-state index in [1.54, 1.807) is 24.3 Å². The van der Waals surface area contributed by atoms with Crippen molar-refractivity contribution < 1.29 is 18.6 Å². The first-order valence-electron chi connectivity index (χ1n) is 4.86. The van der Waals surface area contributed by atoms with E-state index in [0.717, 1.165) is 4.67 Å². The normalized spacial score (nSPS) is 19.1. The predicted molar refractivity (Wildman–Crippen MR) is 58.7 cm³/mol. The summed E-state index contributed by atoms with van der Waals surface area (Å²) in [7, 11) is -3.16. The summed E-state index contributed by atoms with van der Waals surface area (Å²) in [4.78, 5) is 11.3. The van der Waals surface area contributed by atoms with Crippen LogP contribution in [-0.2, 0) is 9.30 Å². The fourth-order valence-corrected chi connectivity index (χ4v) is 2.85. The van der Waals surface area contributed by atoms with Crippen molar-refractivity contribution >= 4 is 13.6 Å². The Morgan fingerprint density at radius 1 is 1.38 bits per heavy atom. The minimum atomic E-state index is -3.16. The molecule has 1 aliphatic rings. The van der Waals surface area contributed by atoms with Gasteiger partial charge in [0.2, 0.25) is 0 Å². The lowest BCUT2D eigenvalue weighted by atomic mass is 10.3. The van der Waals surface area contributed by atoms with Gasteiger partial charge in [-0.25, -0.2) is 9.46 Å². The standard InChI is InChI=1S/C10H12NO4P/c1-16(13,11-7-8-14-10(11)12)15-9-5-3-2-4-6-9/h2-6H,7-8H2,1H3/t16-/m0/s1. The van der Waals surface area contributed by atoms with E-state index in [-0.39, 0.29) is 6.61 Å². The molecule has 0 N–H and O–H groups in total. The first-order valence-corrected chi connectivity index (χ1v) is 6.89. The van der Waals surface area contributed by atoms with Gasteiger partial charge in [0.1, 0.15) is 12.4 Å². The molecule has 2 rings (SSSR count). The molecule has 16 heavy (non-hydrogen) atoms. The van der Waals surface area contributed by atoms with Crippen LogP contribution in [-0.4, -0.2) is 30.6 Å². The van der Waals surface area contributed by atoms with Crippen molar-refractivity contribution in [1.82, 2.24) is 4.67 Å². The van der Waals surface area contributed by atoms with E-state index in [1.807, 2.05) is 6.07 Å². The second-order valence-electron chi connectivity index (χ2n) is 3.44. The quantitative estimate of drug-likeness (QED) is 0.762. The molecule has 86 valence electrons. The first-order chi connectivity index (χ1) is 7.59. The van der Waals surface area contributed by atoms with Crippen LogP contribution in [0, 0.1) is 0 Å². The van der Waals surface area contributed by atoms with Crippen molar-refractivity contribution in [3.05, 3.63) is 30.3 Å². The molecule has 1 heterocycles. The number of hydrogen-bond donors (Lipinski definition) is 0. The SMILES string of the molecule is C[P@](=O)(Oc1ccccc1)N1CCOC1=O. The molecule has 5 nitrogen and oxygen atoms in total. The Morgan fingerprint density at radius 3 is 2.62 bits per heavy atom. The van der Waals surface area contributed by atoms with Gasteiger partial charge in [0.25, 0.3) is 0 Å². The molecule has 6 heteroatoms. The molecule has 0 aromatic heterocycles. The Morgan fingerprint density at radius 2 is 2.06 bits per heavy atom. The van der Waals surface area contributed by atoms with Crippen molar-refractivity contribution in [1.29, 1.82) is 0 Å². The van der Waals surface area contributed by atoms with Gasteiger partial charge in [-0.15, -0.1) is 0 Å². The third-order valence-corrected chi connectivity index (χ3v) is 3.99. The number of cyclic esters (lactones) is 1. The van der Waals surface area contributed by atoms with E-state index in [4.69, 9.17) is 9.26 Å². The number of rotatable bonds is 3. The van der Waals surface area contributed by atoms with Gasteiger partial charge in [0.05, 0.1) is 6.54 Å². The average Bonchev–Trinajstić information content (AvgIpc) is 2.66. The number of nitrogens with zero attached hydrogens (tertiary/aromatic N) is 1. The number of hydrogen-bond acceptors (Lipinski definition) is 4. The largest absolute Gasteiger partial charge is 0.447 e. The minimum absolute atomic E-state index is 0.259.